The van der Waals surface area contributed by atoms with Crippen molar-refractivity contribution in [2.24, 2.45) is 0 Å². The van der Waals surface area contributed by atoms with Gasteiger partial charge in [0.25, 0.3) is 0 Å². The number of aliphatic carboxylic acids is 1. The van der Waals surface area contributed by atoms with Crippen molar-refractivity contribution in [1.29, 1.82) is 0 Å². The molecule has 0 unspecified atom stereocenters. The lowest BCUT2D eigenvalue weighted by atomic mass is 10.0. The molecule has 25 heavy (non-hydrogen) atoms. The zero-order valence-corrected chi connectivity index (χ0v) is 13.6. The Morgan fingerprint density at radius 1 is 1.12 bits per heavy atom. The van der Waals surface area contributed by atoms with Gasteiger partial charge in [0, 0.05) is 30.1 Å². The third-order valence-corrected chi connectivity index (χ3v) is 4.25. The number of aromatic hydroxyl groups is 2. The van der Waals surface area contributed by atoms with Crippen molar-refractivity contribution in [3.05, 3.63) is 59.8 Å². The van der Waals surface area contributed by atoms with Crippen molar-refractivity contribution in [1.82, 2.24) is 10.3 Å². The van der Waals surface area contributed by atoms with Gasteiger partial charge in [-0.1, -0.05) is 18.2 Å². The minimum Gasteiger partial charge on any atom is -0.508 e. The lowest BCUT2D eigenvalue weighted by Crippen LogP contribution is -2.39. The number of para-hydroxylation sites is 1. The smallest absolute Gasteiger partial charge is 0.321 e. The Kier molecular flexibility index (Phi) is 4.90. The molecule has 0 spiro atoms. The third kappa shape index (κ3) is 3.92. The molecule has 0 aliphatic carbocycles. The standard InChI is InChI=1S/C19H20N2O4/c22-14-5-6-18(23)12(9-14)7-8-20-17(19(24)25)10-13-11-21-16-4-2-1-3-15(13)16/h1-6,9,11,17,20-23H,7-8,10H2,(H,24,25)/t17-/m0/s1. The van der Waals surface area contributed by atoms with Crippen LogP contribution in [-0.2, 0) is 17.6 Å². The second-order valence-electron chi connectivity index (χ2n) is 5.97. The summed E-state index contributed by atoms with van der Waals surface area (Å²) in [5, 5.41) is 32.8. The van der Waals surface area contributed by atoms with E-state index in [9.17, 15) is 20.1 Å². The Morgan fingerprint density at radius 2 is 1.92 bits per heavy atom. The van der Waals surface area contributed by atoms with Gasteiger partial charge >= 0.3 is 5.97 Å². The Labute approximate surface area is 144 Å². The number of H-pyrrole nitrogens is 1. The number of benzene rings is 2. The van der Waals surface area contributed by atoms with Crippen LogP contribution in [0.2, 0.25) is 0 Å². The minimum atomic E-state index is -0.926. The summed E-state index contributed by atoms with van der Waals surface area (Å²) in [6.45, 7) is 0.371. The van der Waals surface area contributed by atoms with Gasteiger partial charge in [-0.05, 0) is 41.8 Å². The van der Waals surface area contributed by atoms with Gasteiger partial charge in [0.05, 0.1) is 0 Å². The van der Waals surface area contributed by atoms with Gasteiger partial charge in [0.2, 0.25) is 0 Å². The van der Waals surface area contributed by atoms with Crippen LogP contribution >= 0.6 is 0 Å². The van der Waals surface area contributed by atoms with E-state index in [4.69, 9.17) is 0 Å². The molecule has 1 atom stereocenters. The van der Waals surface area contributed by atoms with E-state index in [0.717, 1.165) is 16.5 Å². The maximum absolute atomic E-state index is 11.6. The molecule has 1 aromatic heterocycles. The van der Waals surface area contributed by atoms with E-state index < -0.39 is 12.0 Å². The average molecular weight is 340 g/mol. The Morgan fingerprint density at radius 3 is 2.72 bits per heavy atom. The highest BCUT2D eigenvalue weighted by Crippen LogP contribution is 2.22. The van der Waals surface area contributed by atoms with Crippen LogP contribution in [0.25, 0.3) is 10.9 Å². The second-order valence-corrected chi connectivity index (χ2v) is 5.97. The van der Waals surface area contributed by atoms with E-state index in [1.807, 2.05) is 30.5 Å². The number of aromatic nitrogens is 1. The van der Waals surface area contributed by atoms with Crippen LogP contribution in [0.15, 0.2) is 48.7 Å². The Bertz CT molecular complexity index is 888. The Balaban J connectivity index is 1.66. The largest absolute Gasteiger partial charge is 0.508 e. The van der Waals surface area contributed by atoms with E-state index in [1.54, 1.807) is 0 Å². The van der Waals surface area contributed by atoms with Crippen LogP contribution in [0.5, 0.6) is 11.5 Å². The zero-order chi connectivity index (χ0) is 17.8. The zero-order valence-electron chi connectivity index (χ0n) is 13.6. The predicted molar refractivity (Wildman–Crippen MR) is 94.9 cm³/mol. The van der Waals surface area contributed by atoms with Crippen molar-refractivity contribution in [3.63, 3.8) is 0 Å². The normalized spacial score (nSPS) is 12.3. The lowest BCUT2D eigenvalue weighted by molar-refractivity contribution is -0.139. The quantitative estimate of drug-likeness (QED) is 0.425. The number of hydrogen-bond acceptors (Lipinski definition) is 4. The summed E-state index contributed by atoms with van der Waals surface area (Å²) in [7, 11) is 0. The highest BCUT2D eigenvalue weighted by molar-refractivity contribution is 5.84. The fraction of sp³-hybridized carbons (Fsp3) is 0.211. The maximum atomic E-state index is 11.6. The number of carboxylic acid groups (broad SMARTS) is 1. The first-order chi connectivity index (χ1) is 12.0. The number of hydrogen-bond donors (Lipinski definition) is 5. The Hall–Kier alpha value is -2.99. The molecule has 2 aromatic carbocycles. The van der Waals surface area contributed by atoms with Gasteiger partial charge in [0.1, 0.15) is 17.5 Å². The fourth-order valence-electron chi connectivity index (χ4n) is 2.92. The highest BCUT2D eigenvalue weighted by Gasteiger charge is 2.19. The average Bonchev–Trinajstić information content (AvgIpc) is 3.00. The molecule has 3 aromatic rings. The molecule has 130 valence electrons. The molecule has 0 aliphatic heterocycles. The van der Waals surface area contributed by atoms with Gasteiger partial charge in [-0.3, -0.25) is 4.79 Å². The molecular weight excluding hydrogens is 320 g/mol. The van der Waals surface area contributed by atoms with Crippen molar-refractivity contribution in [2.75, 3.05) is 6.54 Å². The van der Waals surface area contributed by atoms with Crippen LogP contribution in [0, 0.1) is 0 Å². The molecule has 0 radical (unpaired) electrons. The van der Waals surface area contributed by atoms with E-state index >= 15 is 0 Å². The van der Waals surface area contributed by atoms with Crippen LogP contribution < -0.4 is 5.32 Å². The van der Waals surface area contributed by atoms with Gasteiger partial charge in [-0.2, -0.15) is 0 Å². The molecule has 0 amide bonds. The molecule has 0 fully saturated rings. The van der Waals surface area contributed by atoms with E-state index in [0.29, 0.717) is 24.9 Å². The molecule has 3 rings (SSSR count). The number of aromatic amines is 1. The molecule has 0 saturated carbocycles. The summed E-state index contributed by atoms with van der Waals surface area (Å²) in [6, 6.07) is 11.3. The molecule has 6 heteroatoms. The van der Waals surface area contributed by atoms with Gasteiger partial charge < -0.3 is 25.6 Å². The number of phenolic OH excluding ortho intramolecular Hbond substituents is 2. The number of carbonyl (C=O) groups is 1. The minimum absolute atomic E-state index is 0.0707. The predicted octanol–water partition coefficient (Wildman–Crippen LogP) is 2.41. The second kappa shape index (κ2) is 7.27. The van der Waals surface area contributed by atoms with Gasteiger partial charge in [-0.25, -0.2) is 0 Å². The number of carboxylic acids is 1. The summed E-state index contributed by atoms with van der Waals surface area (Å²) in [5.74, 6) is -0.769. The summed E-state index contributed by atoms with van der Waals surface area (Å²) in [5.41, 5.74) is 2.49. The highest BCUT2D eigenvalue weighted by atomic mass is 16.4. The summed E-state index contributed by atoms with van der Waals surface area (Å²) >= 11 is 0. The summed E-state index contributed by atoms with van der Waals surface area (Å²) in [6.07, 6.45) is 2.60. The molecule has 0 saturated heterocycles. The van der Waals surface area contributed by atoms with Gasteiger partial charge in [0.15, 0.2) is 0 Å². The monoisotopic (exact) mass is 340 g/mol. The number of phenols is 2. The van der Waals surface area contributed by atoms with Crippen LogP contribution in [0.3, 0.4) is 0 Å². The fourth-order valence-corrected chi connectivity index (χ4v) is 2.92. The number of rotatable bonds is 7. The molecule has 0 aliphatic rings. The van der Waals surface area contributed by atoms with Gasteiger partial charge in [-0.15, -0.1) is 0 Å². The summed E-state index contributed by atoms with van der Waals surface area (Å²) in [4.78, 5) is 14.7. The van der Waals surface area contributed by atoms with Crippen LogP contribution in [0.4, 0.5) is 0 Å². The SMILES string of the molecule is O=C(O)[C@H](Cc1c[nH]c2ccccc12)NCCc1cc(O)ccc1O. The first-order valence-corrected chi connectivity index (χ1v) is 8.06. The van der Waals surface area contributed by atoms with E-state index in [1.165, 1.54) is 18.2 Å². The topological polar surface area (TPSA) is 106 Å². The van der Waals surface area contributed by atoms with Crippen LogP contribution in [-0.4, -0.2) is 38.9 Å². The molecule has 0 bridgehead atoms. The maximum Gasteiger partial charge on any atom is 0.321 e. The number of fused-ring (bicyclic) bond motifs is 1. The van der Waals surface area contributed by atoms with E-state index in [-0.39, 0.29) is 11.5 Å². The van der Waals surface area contributed by atoms with Crippen molar-refractivity contribution >= 4 is 16.9 Å². The number of nitrogens with one attached hydrogen (secondary N) is 2. The van der Waals surface area contributed by atoms with Crippen molar-refractivity contribution in [3.8, 4) is 11.5 Å². The third-order valence-electron chi connectivity index (χ3n) is 4.25. The van der Waals surface area contributed by atoms with Crippen LogP contribution in [0.1, 0.15) is 11.1 Å². The van der Waals surface area contributed by atoms with Crippen molar-refractivity contribution in [2.45, 2.75) is 18.9 Å². The molecular formula is C19H20N2O4. The first kappa shape index (κ1) is 16.9. The lowest BCUT2D eigenvalue weighted by Gasteiger charge is -2.14. The molecule has 1 heterocycles. The molecule has 6 nitrogen and oxygen atoms in total. The summed E-state index contributed by atoms with van der Waals surface area (Å²) < 4.78 is 0. The first-order valence-electron chi connectivity index (χ1n) is 8.06. The van der Waals surface area contributed by atoms with E-state index in [2.05, 4.69) is 10.3 Å². The van der Waals surface area contributed by atoms with Crippen molar-refractivity contribution < 1.29 is 20.1 Å². The molecule has 5 N–H and O–H groups in total.